The zero-order chi connectivity index (χ0) is 59.2. The maximum Gasteiger partial charge on any atom is 0.305 e. The highest BCUT2D eigenvalue weighted by Crippen LogP contribution is 2.19. The molecule has 6 heteroatoms. The third-order valence-corrected chi connectivity index (χ3v) is 17.4. The lowest BCUT2D eigenvalue weighted by atomic mass is 10.0. The largest absolute Gasteiger partial charge is 0.466 e. The van der Waals surface area contributed by atoms with Crippen LogP contribution in [0.25, 0.3) is 0 Å². The molecule has 0 saturated carbocycles. The third-order valence-electron chi connectivity index (χ3n) is 17.4. The van der Waals surface area contributed by atoms with E-state index >= 15 is 0 Å². The normalized spacial score (nSPS) is 12.7. The first-order valence-corrected chi connectivity index (χ1v) is 37.2. The number of ether oxygens (including phenoxy) is 1. The zero-order valence-corrected chi connectivity index (χ0v) is 55.5. The van der Waals surface area contributed by atoms with Crippen LogP contribution in [-0.2, 0) is 14.3 Å². The van der Waals surface area contributed by atoms with Crippen LogP contribution in [0.3, 0.4) is 0 Å². The topological polar surface area (TPSA) is 95.9 Å². The van der Waals surface area contributed by atoms with Crippen molar-refractivity contribution in [3.05, 3.63) is 36.5 Å². The maximum absolute atomic E-state index is 12.6. The van der Waals surface area contributed by atoms with Gasteiger partial charge in [-0.2, -0.15) is 0 Å². The summed E-state index contributed by atoms with van der Waals surface area (Å²) in [5, 5.41) is 23.4. The van der Waals surface area contributed by atoms with Crippen LogP contribution in [0.5, 0.6) is 0 Å². The number of allylic oxidation sites excluding steroid dienone is 6. The second-order valence-corrected chi connectivity index (χ2v) is 25.6. The lowest BCUT2D eigenvalue weighted by Crippen LogP contribution is -2.45. The van der Waals surface area contributed by atoms with E-state index in [0.717, 1.165) is 51.4 Å². The molecule has 1 amide bonds. The number of hydrogen-bond acceptors (Lipinski definition) is 5. The molecule has 484 valence electrons. The zero-order valence-electron chi connectivity index (χ0n) is 55.5. The van der Waals surface area contributed by atoms with Gasteiger partial charge in [0.2, 0.25) is 5.91 Å². The predicted octanol–water partition coefficient (Wildman–Crippen LogP) is 24.3. The quantitative estimate of drug-likeness (QED) is 0.0320. The van der Waals surface area contributed by atoms with Gasteiger partial charge in [-0.25, -0.2) is 0 Å². The van der Waals surface area contributed by atoms with E-state index in [1.54, 1.807) is 0 Å². The van der Waals surface area contributed by atoms with E-state index < -0.39 is 12.1 Å². The molecule has 0 bridgehead atoms. The highest BCUT2D eigenvalue weighted by atomic mass is 16.5. The average Bonchev–Trinajstić information content (AvgIpc) is 3.48. The fourth-order valence-electron chi connectivity index (χ4n) is 11.7. The first kappa shape index (κ1) is 80.1. The number of amides is 1. The summed E-state index contributed by atoms with van der Waals surface area (Å²) in [5.74, 6) is -0.0248. The maximum atomic E-state index is 12.6. The van der Waals surface area contributed by atoms with Crippen LogP contribution < -0.4 is 5.32 Å². The van der Waals surface area contributed by atoms with E-state index in [1.807, 2.05) is 0 Å². The van der Waals surface area contributed by atoms with E-state index in [-0.39, 0.29) is 18.5 Å². The van der Waals surface area contributed by atoms with Crippen molar-refractivity contribution in [3.63, 3.8) is 0 Å². The monoisotopic (exact) mass is 1150 g/mol. The van der Waals surface area contributed by atoms with Crippen LogP contribution >= 0.6 is 0 Å². The molecule has 0 radical (unpaired) electrons. The van der Waals surface area contributed by atoms with Crippen LogP contribution in [0.15, 0.2) is 36.5 Å². The predicted molar refractivity (Wildman–Crippen MR) is 361 cm³/mol. The number of rotatable bonds is 70. The van der Waals surface area contributed by atoms with Crippen molar-refractivity contribution in [1.29, 1.82) is 0 Å². The lowest BCUT2D eigenvalue weighted by Gasteiger charge is -2.22. The van der Waals surface area contributed by atoms with Crippen LogP contribution in [0.2, 0.25) is 0 Å². The Labute approximate surface area is 513 Å². The summed E-state index contributed by atoms with van der Waals surface area (Å²) in [6, 6.07) is -0.540. The molecule has 2 atom stereocenters. The van der Waals surface area contributed by atoms with Gasteiger partial charge in [-0.1, -0.05) is 359 Å². The van der Waals surface area contributed by atoms with E-state index in [1.165, 1.54) is 327 Å². The summed E-state index contributed by atoms with van der Waals surface area (Å²) in [6.45, 7) is 4.92. The molecule has 2 unspecified atom stereocenters. The summed E-state index contributed by atoms with van der Waals surface area (Å²) < 4.78 is 5.48. The Morgan fingerprint density at radius 3 is 0.988 bits per heavy atom. The van der Waals surface area contributed by atoms with E-state index in [2.05, 4.69) is 55.6 Å². The Morgan fingerprint density at radius 2 is 0.634 bits per heavy atom. The van der Waals surface area contributed by atoms with Crippen LogP contribution in [-0.4, -0.2) is 47.4 Å². The minimum atomic E-state index is -0.663. The van der Waals surface area contributed by atoms with Crippen molar-refractivity contribution in [1.82, 2.24) is 5.32 Å². The van der Waals surface area contributed by atoms with E-state index in [0.29, 0.717) is 25.9 Å². The average molecular weight is 1150 g/mol. The van der Waals surface area contributed by atoms with Crippen molar-refractivity contribution in [2.45, 2.75) is 424 Å². The molecule has 0 aromatic carbocycles. The molecule has 6 nitrogen and oxygen atoms in total. The number of nitrogens with one attached hydrogen (secondary N) is 1. The molecule has 0 aromatic heterocycles. The Hall–Kier alpha value is -1.92. The Bertz CT molecular complexity index is 1330. The third kappa shape index (κ3) is 67.2. The lowest BCUT2D eigenvalue weighted by molar-refractivity contribution is -0.143. The highest BCUT2D eigenvalue weighted by molar-refractivity contribution is 5.76. The second-order valence-electron chi connectivity index (χ2n) is 25.6. The number of carbonyl (C=O) groups is 2. The van der Waals surface area contributed by atoms with Crippen LogP contribution in [0.1, 0.15) is 412 Å². The number of aliphatic hydroxyl groups excluding tert-OH is 2. The number of aliphatic hydroxyl groups is 2. The molecule has 0 spiro atoms. The van der Waals surface area contributed by atoms with Crippen molar-refractivity contribution in [2.24, 2.45) is 0 Å². The van der Waals surface area contributed by atoms with Crippen molar-refractivity contribution in [2.75, 3.05) is 13.2 Å². The smallest absolute Gasteiger partial charge is 0.305 e. The number of carbonyl (C=O) groups excluding carboxylic acids is 2. The Kier molecular flexibility index (Phi) is 69.9. The molecule has 0 rings (SSSR count). The van der Waals surface area contributed by atoms with Gasteiger partial charge in [0.1, 0.15) is 0 Å². The molecule has 0 aromatic rings. The Morgan fingerprint density at radius 1 is 0.341 bits per heavy atom. The van der Waals surface area contributed by atoms with Gasteiger partial charge in [-0.15, -0.1) is 0 Å². The molecule has 3 N–H and O–H groups in total. The Balaban J connectivity index is 3.36. The fourth-order valence-corrected chi connectivity index (χ4v) is 11.7. The summed E-state index contributed by atoms with van der Waals surface area (Å²) in [4.78, 5) is 24.6. The summed E-state index contributed by atoms with van der Waals surface area (Å²) >= 11 is 0. The van der Waals surface area contributed by atoms with Gasteiger partial charge in [0, 0.05) is 12.8 Å². The summed E-state index contributed by atoms with van der Waals surface area (Å²) in [7, 11) is 0. The first-order chi connectivity index (χ1) is 40.5. The van der Waals surface area contributed by atoms with Crippen LogP contribution in [0.4, 0.5) is 0 Å². The van der Waals surface area contributed by atoms with Gasteiger partial charge in [0.25, 0.3) is 0 Å². The van der Waals surface area contributed by atoms with Gasteiger partial charge in [-0.3, -0.25) is 9.59 Å². The number of esters is 1. The van der Waals surface area contributed by atoms with Gasteiger partial charge in [0.05, 0.1) is 25.4 Å². The number of hydrogen-bond donors (Lipinski definition) is 3. The van der Waals surface area contributed by atoms with Crippen molar-refractivity contribution >= 4 is 11.9 Å². The van der Waals surface area contributed by atoms with Gasteiger partial charge in [0.15, 0.2) is 0 Å². The summed E-state index contributed by atoms with van der Waals surface area (Å²) in [5.41, 5.74) is 0. The van der Waals surface area contributed by atoms with Gasteiger partial charge < -0.3 is 20.3 Å². The van der Waals surface area contributed by atoms with Gasteiger partial charge in [-0.05, 0) is 77.0 Å². The molecule has 0 aliphatic rings. The molecule has 0 heterocycles. The second kappa shape index (κ2) is 71.6. The molecule has 0 saturated heterocycles. The highest BCUT2D eigenvalue weighted by Gasteiger charge is 2.20. The SMILES string of the molecule is CCC/C=C\C/C=C\CCCCCCCC(=O)OCCCCCCCCCCCCCC/C=C\CCCCCCCCCCCCCCCCCCC(=O)NC(CO)C(O)CCCCCCCCCCCCCCCCCCCCCC. The molecular formula is C76H145NO5. The molecular weight excluding hydrogens is 1010 g/mol. The van der Waals surface area contributed by atoms with Crippen molar-refractivity contribution < 1.29 is 24.5 Å². The standard InChI is InChI=1S/C76H145NO5/c1-3-5-7-9-11-13-15-17-18-19-20-35-38-41-45-48-52-56-60-64-68-74(79)73(72-78)77-75(80)69-65-61-57-53-49-46-42-39-36-33-31-29-27-25-23-21-22-24-26-28-30-32-34-37-40-43-47-51-55-59-63-67-71-82-76(81)70-66-62-58-54-50-44-16-14-12-10-8-6-4-2/h8,10,14,16,24,26,73-74,78-79H,3-7,9,11-13,15,17-23,25,27-72H2,1-2H3,(H,77,80)/b10-8-,16-14-,26-24-. The number of unbranched alkanes of at least 4 members (excludes halogenated alkanes) is 53. The van der Waals surface area contributed by atoms with Gasteiger partial charge >= 0.3 is 5.97 Å². The van der Waals surface area contributed by atoms with E-state index in [4.69, 9.17) is 4.74 Å². The molecule has 0 aliphatic heterocycles. The minimum absolute atomic E-state index is 0.00324. The van der Waals surface area contributed by atoms with Crippen molar-refractivity contribution in [3.8, 4) is 0 Å². The van der Waals surface area contributed by atoms with E-state index in [9.17, 15) is 19.8 Å². The fraction of sp³-hybridized carbons (Fsp3) is 0.895. The minimum Gasteiger partial charge on any atom is -0.466 e. The molecule has 0 aliphatic carbocycles. The first-order valence-electron chi connectivity index (χ1n) is 37.2. The van der Waals surface area contributed by atoms with Crippen LogP contribution in [0, 0.1) is 0 Å². The summed E-state index contributed by atoms with van der Waals surface area (Å²) in [6.07, 6.45) is 92.1. The molecule has 0 fully saturated rings. The molecule has 82 heavy (non-hydrogen) atoms.